The molecule has 2 amide bonds. The predicted octanol–water partition coefficient (Wildman–Crippen LogP) is 1.15. The summed E-state index contributed by atoms with van der Waals surface area (Å²) in [4.78, 5) is 20.3. The number of urea groups is 1. The number of nitrogens with one attached hydrogen (secondary N) is 1. The number of likely N-dealkylation sites (tertiary alicyclic amines) is 1. The van der Waals surface area contributed by atoms with Gasteiger partial charge >= 0.3 is 6.03 Å². The molecule has 3 atom stereocenters. The lowest BCUT2D eigenvalue weighted by Crippen LogP contribution is -2.50. The highest BCUT2D eigenvalue weighted by atomic mass is 32.1. The van der Waals surface area contributed by atoms with Crippen LogP contribution in [0.15, 0.2) is 11.6 Å². The standard InChI is InChI=1S/C14H22N4O2S/c1-17(2)14(19)16-10-8-18(9-12-15-5-7-21-12)11-4-3-6-20-13(10)11/h5,7,10-11,13H,3-4,6,8-9H2,1-2H3,(H,16,19)/t10-,11+,13+/m0/s1. The van der Waals surface area contributed by atoms with Crippen LogP contribution in [0.3, 0.4) is 0 Å². The van der Waals surface area contributed by atoms with Crippen molar-refractivity contribution in [3.05, 3.63) is 16.6 Å². The lowest BCUT2D eigenvalue weighted by molar-refractivity contribution is -0.0207. The lowest BCUT2D eigenvalue weighted by Gasteiger charge is -2.32. The Morgan fingerprint density at radius 1 is 1.62 bits per heavy atom. The second-order valence-electron chi connectivity index (χ2n) is 5.85. The van der Waals surface area contributed by atoms with Crippen molar-refractivity contribution in [2.45, 2.75) is 37.6 Å². The van der Waals surface area contributed by atoms with Crippen LogP contribution in [0, 0.1) is 0 Å². The molecule has 0 bridgehead atoms. The number of carbonyl (C=O) groups is 1. The van der Waals surface area contributed by atoms with Gasteiger partial charge in [0.05, 0.1) is 18.7 Å². The summed E-state index contributed by atoms with van der Waals surface area (Å²) in [5.41, 5.74) is 0. The molecule has 1 aromatic heterocycles. The molecule has 2 fully saturated rings. The molecule has 3 heterocycles. The zero-order valence-corrected chi connectivity index (χ0v) is 13.3. The van der Waals surface area contributed by atoms with Crippen molar-refractivity contribution in [2.24, 2.45) is 0 Å². The van der Waals surface area contributed by atoms with Gasteiger partial charge in [-0.25, -0.2) is 9.78 Å². The van der Waals surface area contributed by atoms with Crippen molar-refractivity contribution in [1.82, 2.24) is 20.1 Å². The molecule has 21 heavy (non-hydrogen) atoms. The average molecular weight is 310 g/mol. The van der Waals surface area contributed by atoms with Crippen molar-refractivity contribution in [1.29, 1.82) is 0 Å². The van der Waals surface area contributed by atoms with Crippen LogP contribution in [0.1, 0.15) is 17.8 Å². The average Bonchev–Trinajstić information content (AvgIpc) is 3.09. The molecule has 3 rings (SSSR count). The van der Waals surface area contributed by atoms with Gasteiger partial charge in [0.15, 0.2) is 0 Å². The number of nitrogens with zero attached hydrogens (tertiary/aromatic N) is 3. The van der Waals surface area contributed by atoms with Crippen LogP contribution in [-0.2, 0) is 11.3 Å². The first kappa shape index (κ1) is 14.7. The van der Waals surface area contributed by atoms with Crippen LogP contribution in [0.2, 0.25) is 0 Å². The topological polar surface area (TPSA) is 57.7 Å². The highest BCUT2D eigenvalue weighted by molar-refractivity contribution is 7.09. The van der Waals surface area contributed by atoms with E-state index in [1.807, 2.05) is 11.6 Å². The fraction of sp³-hybridized carbons (Fsp3) is 0.714. The molecule has 0 aromatic carbocycles. The van der Waals surface area contributed by atoms with Crippen LogP contribution in [0.4, 0.5) is 4.79 Å². The Labute approximate surface area is 129 Å². The van der Waals surface area contributed by atoms with E-state index in [1.165, 1.54) is 0 Å². The largest absolute Gasteiger partial charge is 0.374 e. The minimum absolute atomic E-state index is 0.0518. The molecule has 116 valence electrons. The van der Waals surface area contributed by atoms with Gasteiger partial charge in [0.25, 0.3) is 0 Å². The molecule has 0 unspecified atom stereocenters. The number of thiazole rings is 1. The summed E-state index contributed by atoms with van der Waals surface area (Å²) in [5, 5.41) is 6.22. The number of hydrogen-bond acceptors (Lipinski definition) is 5. The van der Waals surface area contributed by atoms with E-state index in [2.05, 4.69) is 15.2 Å². The zero-order chi connectivity index (χ0) is 14.8. The Morgan fingerprint density at radius 3 is 3.19 bits per heavy atom. The third kappa shape index (κ3) is 3.20. The van der Waals surface area contributed by atoms with E-state index in [0.29, 0.717) is 6.04 Å². The number of ether oxygens (including phenoxy) is 1. The summed E-state index contributed by atoms with van der Waals surface area (Å²) in [6, 6.07) is 0.393. The molecule has 2 aliphatic heterocycles. The van der Waals surface area contributed by atoms with E-state index >= 15 is 0 Å². The SMILES string of the molecule is CN(C)C(=O)N[C@H]1CN(Cc2nccs2)[C@@H]2CCCO[C@H]12. The fourth-order valence-electron chi connectivity index (χ4n) is 3.16. The highest BCUT2D eigenvalue weighted by Crippen LogP contribution is 2.30. The molecule has 0 radical (unpaired) electrons. The number of hydrogen-bond donors (Lipinski definition) is 1. The number of carbonyl (C=O) groups excluding carboxylic acids is 1. The van der Waals surface area contributed by atoms with E-state index in [0.717, 1.165) is 37.5 Å². The molecule has 2 aliphatic rings. The van der Waals surface area contributed by atoms with Gasteiger partial charge in [-0.1, -0.05) is 0 Å². The van der Waals surface area contributed by atoms with E-state index in [9.17, 15) is 4.79 Å². The minimum Gasteiger partial charge on any atom is -0.374 e. The van der Waals surface area contributed by atoms with Crippen molar-refractivity contribution < 1.29 is 9.53 Å². The summed E-state index contributed by atoms with van der Waals surface area (Å²) in [6.07, 6.45) is 4.16. The Kier molecular flexibility index (Phi) is 4.42. The molecule has 2 saturated heterocycles. The van der Waals surface area contributed by atoms with Crippen LogP contribution < -0.4 is 5.32 Å². The van der Waals surface area contributed by atoms with Crippen LogP contribution >= 0.6 is 11.3 Å². The zero-order valence-electron chi connectivity index (χ0n) is 12.5. The Balaban J connectivity index is 1.69. The number of fused-ring (bicyclic) bond motifs is 1. The van der Waals surface area contributed by atoms with Gasteiger partial charge < -0.3 is 15.0 Å². The normalized spacial score (nSPS) is 29.1. The maximum absolute atomic E-state index is 11.9. The molecule has 0 saturated carbocycles. The fourth-order valence-corrected chi connectivity index (χ4v) is 3.80. The maximum atomic E-state index is 11.9. The number of aromatic nitrogens is 1. The van der Waals surface area contributed by atoms with E-state index < -0.39 is 0 Å². The van der Waals surface area contributed by atoms with Crippen LogP contribution in [0.25, 0.3) is 0 Å². The minimum atomic E-state index is -0.0518. The van der Waals surface area contributed by atoms with Gasteiger partial charge in [0.1, 0.15) is 5.01 Å². The van der Waals surface area contributed by atoms with E-state index in [4.69, 9.17) is 4.74 Å². The number of rotatable bonds is 3. The molecule has 1 N–H and O–H groups in total. The molecular weight excluding hydrogens is 288 g/mol. The lowest BCUT2D eigenvalue weighted by atomic mass is 10.0. The Hall–Kier alpha value is -1.18. The quantitative estimate of drug-likeness (QED) is 0.910. The van der Waals surface area contributed by atoms with E-state index in [1.54, 1.807) is 30.3 Å². The second kappa shape index (κ2) is 6.29. The molecule has 0 spiro atoms. The monoisotopic (exact) mass is 310 g/mol. The highest BCUT2D eigenvalue weighted by Gasteiger charge is 2.44. The Bertz CT molecular complexity index is 479. The molecular formula is C14H22N4O2S. The molecule has 0 aliphatic carbocycles. The van der Waals surface area contributed by atoms with Gasteiger partial charge in [0, 0.05) is 44.9 Å². The first-order valence-corrected chi connectivity index (χ1v) is 8.25. The maximum Gasteiger partial charge on any atom is 0.317 e. The third-order valence-corrected chi connectivity index (χ3v) is 4.93. The number of amides is 2. The van der Waals surface area contributed by atoms with Gasteiger partial charge in [0.2, 0.25) is 0 Å². The van der Waals surface area contributed by atoms with Gasteiger partial charge in [-0.3, -0.25) is 4.90 Å². The van der Waals surface area contributed by atoms with Crippen molar-refractivity contribution in [2.75, 3.05) is 27.2 Å². The van der Waals surface area contributed by atoms with Crippen LogP contribution in [0.5, 0.6) is 0 Å². The molecule has 1 aromatic rings. The van der Waals surface area contributed by atoms with Crippen LogP contribution in [-0.4, -0.2) is 66.2 Å². The van der Waals surface area contributed by atoms with Crippen molar-refractivity contribution >= 4 is 17.4 Å². The van der Waals surface area contributed by atoms with Crippen molar-refractivity contribution in [3.63, 3.8) is 0 Å². The van der Waals surface area contributed by atoms with Gasteiger partial charge in [-0.15, -0.1) is 11.3 Å². The second-order valence-corrected chi connectivity index (χ2v) is 6.83. The summed E-state index contributed by atoms with van der Waals surface area (Å²) < 4.78 is 5.95. The summed E-state index contributed by atoms with van der Waals surface area (Å²) in [5.74, 6) is 0. The molecule has 6 nitrogen and oxygen atoms in total. The Morgan fingerprint density at radius 2 is 2.48 bits per heavy atom. The third-order valence-electron chi connectivity index (χ3n) is 4.17. The summed E-state index contributed by atoms with van der Waals surface area (Å²) >= 11 is 1.68. The van der Waals surface area contributed by atoms with Gasteiger partial charge in [-0.2, -0.15) is 0 Å². The first-order valence-electron chi connectivity index (χ1n) is 7.37. The summed E-state index contributed by atoms with van der Waals surface area (Å²) in [7, 11) is 3.52. The predicted molar refractivity (Wildman–Crippen MR) is 81.3 cm³/mol. The van der Waals surface area contributed by atoms with E-state index in [-0.39, 0.29) is 18.2 Å². The first-order chi connectivity index (χ1) is 10.1. The molecule has 7 heteroatoms. The van der Waals surface area contributed by atoms with Crippen molar-refractivity contribution in [3.8, 4) is 0 Å². The summed E-state index contributed by atoms with van der Waals surface area (Å²) in [6.45, 7) is 2.46. The smallest absolute Gasteiger partial charge is 0.317 e. The van der Waals surface area contributed by atoms with Gasteiger partial charge in [-0.05, 0) is 12.8 Å².